The number of carbonyl (C=O) groups is 1. The van der Waals surface area contributed by atoms with Gasteiger partial charge in [0.15, 0.2) is 5.96 Å². The molecule has 2 rings (SSSR count). The molecule has 1 amide bonds. The monoisotopic (exact) mass is 366 g/mol. The van der Waals surface area contributed by atoms with Crippen LogP contribution >= 0.6 is 0 Å². The van der Waals surface area contributed by atoms with Gasteiger partial charge in [0.25, 0.3) is 0 Å². The minimum Gasteiger partial charge on any atom is -0.382 e. The van der Waals surface area contributed by atoms with E-state index < -0.39 is 0 Å². The van der Waals surface area contributed by atoms with E-state index >= 15 is 0 Å². The van der Waals surface area contributed by atoms with E-state index in [1.807, 2.05) is 11.8 Å². The van der Waals surface area contributed by atoms with Crippen molar-refractivity contribution >= 4 is 11.9 Å². The average Bonchev–Trinajstić information content (AvgIpc) is 3.43. The number of hydrogen-bond acceptors (Lipinski definition) is 3. The highest BCUT2D eigenvalue weighted by Gasteiger charge is 2.41. The molecule has 150 valence electrons. The van der Waals surface area contributed by atoms with Crippen molar-refractivity contribution in [3.8, 4) is 0 Å². The number of nitrogens with one attached hydrogen (secondary N) is 2. The molecule has 2 fully saturated rings. The molecule has 0 atom stereocenters. The summed E-state index contributed by atoms with van der Waals surface area (Å²) in [7, 11) is 0. The van der Waals surface area contributed by atoms with Crippen molar-refractivity contribution in [2.45, 2.75) is 65.2 Å². The number of likely N-dealkylation sites (tertiary alicyclic amines) is 1. The summed E-state index contributed by atoms with van der Waals surface area (Å²) >= 11 is 0. The first-order chi connectivity index (χ1) is 12.7. The number of aliphatic imine (C=N–C) groups is 1. The van der Waals surface area contributed by atoms with E-state index in [1.54, 1.807) is 0 Å². The molecule has 0 unspecified atom stereocenters. The lowest BCUT2D eigenvalue weighted by Crippen LogP contribution is -2.40. The van der Waals surface area contributed by atoms with Gasteiger partial charge in [0.1, 0.15) is 0 Å². The zero-order valence-corrected chi connectivity index (χ0v) is 16.8. The van der Waals surface area contributed by atoms with Crippen molar-refractivity contribution in [3.05, 3.63) is 0 Å². The molecule has 26 heavy (non-hydrogen) atoms. The van der Waals surface area contributed by atoms with Gasteiger partial charge in [-0.15, -0.1) is 0 Å². The lowest BCUT2D eigenvalue weighted by atomic mass is 10.0. The van der Waals surface area contributed by atoms with Crippen LogP contribution in [0.2, 0.25) is 0 Å². The maximum absolute atomic E-state index is 12.0. The van der Waals surface area contributed by atoms with Crippen molar-refractivity contribution < 1.29 is 9.53 Å². The van der Waals surface area contributed by atoms with Crippen LogP contribution in [0.4, 0.5) is 0 Å². The van der Waals surface area contributed by atoms with E-state index in [0.29, 0.717) is 11.3 Å². The van der Waals surface area contributed by atoms with E-state index in [2.05, 4.69) is 17.6 Å². The van der Waals surface area contributed by atoms with Gasteiger partial charge in [-0.05, 0) is 57.8 Å². The highest BCUT2D eigenvalue weighted by Crippen LogP contribution is 2.48. The fourth-order valence-corrected chi connectivity index (χ4v) is 3.44. The average molecular weight is 367 g/mol. The summed E-state index contributed by atoms with van der Waals surface area (Å²) in [5.41, 5.74) is 0.371. The highest BCUT2D eigenvalue weighted by atomic mass is 16.5. The van der Waals surface area contributed by atoms with Crippen molar-refractivity contribution in [1.29, 1.82) is 0 Å². The molecule has 6 nitrogen and oxygen atoms in total. The standard InChI is InChI=1S/C20H38N4O2/c1-3-21-19(23-17-20(10-11-20)12-16-26-4-2)22-13-8-15-24-14-7-5-6-9-18(24)25/h3-17H2,1-2H3,(H2,21,22,23). The van der Waals surface area contributed by atoms with E-state index in [4.69, 9.17) is 9.73 Å². The third kappa shape index (κ3) is 7.52. The Morgan fingerprint density at radius 2 is 2.08 bits per heavy atom. The lowest BCUT2D eigenvalue weighted by Gasteiger charge is -2.21. The van der Waals surface area contributed by atoms with Gasteiger partial charge in [-0.1, -0.05) is 6.42 Å². The summed E-state index contributed by atoms with van der Waals surface area (Å²) in [4.78, 5) is 18.9. The summed E-state index contributed by atoms with van der Waals surface area (Å²) in [6.45, 7) is 10.1. The molecule has 0 radical (unpaired) electrons. The van der Waals surface area contributed by atoms with Gasteiger partial charge < -0.3 is 20.3 Å². The Bertz CT molecular complexity index is 449. The highest BCUT2D eigenvalue weighted by molar-refractivity contribution is 5.79. The van der Waals surface area contributed by atoms with Gasteiger partial charge in [-0.2, -0.15) is 0 Å². The lowest BCUT2D eigenvalue weighted by molar-refractivity contribution is -0.130. The van der Waals surface area contributed by atoms with Gasteiger partial charge in [-0.25, -0.2) is 0 Å². The largest absolute Gasteiger partial charge is 0.382 e. The molecular weight excluding hydrogens is 328 g/mol. The Kier molecular flexibility index (Phi) is 9.23. The van der Waals surface area contributed by atoms with Crippen LogP contribution in [-0.2, 0) is 9.53 Å². The molecule has 1 heterocycles. The zero-order valence-electron chi connectivity index (χ0n) is 16.8. The second kappa shape index (κ2) is 11.4. The first kappa shape index (κ1) is 21.0. The number of guanidine groups is 1. The quantitative estimate of drug-likeness (QED) is 0.335. The molecule has 6 heteroatoms. The van der Waals surface area contributed by atoms with E-state index in [0.717, 1.165) is 84.0 Å². The predicted octanol–water partition coefficient (Wildman–Crippen LogP) is 2.54. The number of rotatable bonds is 11. The van der Waals surface area contributed by atoms with Crippen LogP contribution in [0.5, 0.6) is 0 Å². The van der Waals surface area contributed by atoms with Crippen LogP contribution in [0.25, 0.3) is 0 Å². The minimum atomic E-state index is 0.327. The number of carbonyl (C=O) groups excluding carboxylic acids is 1. The van der Waals surface area contributed by atoms with E-state index in [9.17, 15) is 4.79 Å². The Balaban J connectivity index is 1.69. The molecule has 1 saturated heterocycles. The number of ether oxygens (including phenoxy) is 1. The molecule has 1 saturated carbocycles. The molecule has 2 aliphatic rings. The fourth-order valence-electron chi connectivity index (χ4n) is 3.44. The maximum atomic E-state index is 12.0. The summed E-state index contributed by atoms with van der Waals surface area (Å²) in [5.74, 6) is 1.23. The van der Waals surface area contributed by atoms with Crippen LogP contribution in [0.1, 0.15) is 65.2 Å². The number of nitrogens with zero attached hydrogens (tertiary/aromatic N) is 2. The Morgan fingerprint density at radius 1 is 1.23 bits per heavy atom. The van der Waals surface area contributed by atoms with Gasteiger partial charge in [-0.3, -0.25) is 9.79 Å². The van der Waals surface area contributed by atoms with Crippen LogP contribution in [0.3, 0.4) is 0 Å². The molecule has 1 aliphatic heterocycles. The summed E-state index contributed by atoms with van der Waals surface area (Å²) in [6.07, 6.45) is 8.71. The first-order valence-electron chi connectivity index (χ1n) is 10.6. The second-order valence-electron chi connectivity index (χ2n) is 7.61. The van der Waals surface area contributed by atoms with Crippen LogP contribution in [0.15, 0.2) is 4.99 Å². The van der Waals surface area contributed by atoms with E-state index in [1.165, 1.54) is 19.3 Å². The minimum absolute atomic E-state index is 0.327. The Morgan fingerprint density at radius 3 is 2.81 bits per heavy atom. The Labute approximate surface area is 159 Å². The van der Waals surface area contributed by atoms with Crippen LogP contribution in [0, 0.1) is 5.41 Å². The molecule has 2 N–H and O–H groups in total. The van der Waals surface area contributed by atoms with E-state index in [-0.39, 0.29) is 0 Å². The summed E-state index contributed by atoms with van der Waals surface area (Å²) in [6, 6.07) is 0. The normalized spacial score (nSPS) is 20.0. The van der Waals surface area contributed by atoms with Gasteiger partial charge >= 0.3 is 0 Å². The molecule has 0 aromatic rings. The first-order valence-corrected chi connectivity index (χ1v) is 10.6. The van der Waals surface area contributed by atoms with Crippen molar-refractivity contribution in [3.63, 3.8) is 0 Å². The van der Waals surface area contributed by atoms with Crippen LogP contribution < -0.4 is 10.6 Å². The molecular formula is C20H38N4O2. The van der Waals surface area contributed by atoms with Gasteiger partial charge in [0.05, 0.1) is 0 Å². The molecule has 1 aliphatic carbocycles. The van der Waals surface area contributed by atoms with Crippen LogP contribution in [-0.4, -0.2) is 62.7 Å². The molecule has 0 bridgehead atoms. The van der Waals surface area contributed by atoms with Crippen molar-refractivity contribution in [2.24, 2.45) is 10.4 Å². The molecule has 0 aromatic heterocycles. The fraction of sp³-hybridized carbons (Fsp3) is 0.900. The zero-order chi connectivity index (χ0) is 18.7. The summed E-state index contributed by atoms with van der Waals surface area (Å²) < 4.78 is 5.51. The molecule has 0 spiro atoms. The smallest absolute Gasteiger partial charge is 0.222 e. The van der Waals surface area contributed by atoms with Crippen molar-refractivity contribution in [1.82, 2.24) is 15.5 Å². The second-order valence-corrected chi connectivity index (χ2v) is 7.61. The number of hydrogen-bond donors (Lipinski definition) is 2. The van der Waals surface area contributed by atoms with Crippen molar-refractivity contribution in [2.75, 3.05) is 45.9 Å². The van der Waals surface area contributed by atoms with Gasteiger partial charge in [0, 0.05) is 52.4 Å². The maximum Gasteiger partial charge on any atom is 0.222 e. The predicted molar refractivity (Wildman–Crippen MR) is 106 cm³/mol. The third-order valence-corrected chi connectivity index (χ3v) is 5.42. The third-order valence-electron chi connectivity index (χ3n) is 5.42. The number of amides is 1. The van der Waals surface area contributed by atoms with Gasteiger partial charge in [0.2, 0.25) is 5.91 Å². The summed E-state index contributed by atoms with van der Waals surface area (Å²) in [5, 5.41) is 6.76. The Hall–Kier alpha value is -1.30. The SMILES string of the molecule is CCNC(=NCC1(CCOCC)CC1)NCCCN1CCCCCC1=O. The topological polar surface area (TPSA) is 66.0 Å². The molecule has 0 aromatic carbocycles.